The fourth-order valence-corrected chi connectivity index (χ4v) is 2.13. The predicted octanol–water partition coefficient (Wildman–Crippen LogP) is 3.75. The Labute approximate surface area is 135 Å². The number of halogens is 1. The highest BCUT2D eigenvalue weighted by Gasteiger charge is 2.28. The van der Waals surface area contributed by atoms with Crippen LogP contribution < -0.4 is 5.73 Å². The van der Waals surface area contributed by atoms with Gasteiger partial charge in [0, 0.05) is 11.6 Å². The van der Waals surface area contributed by atoms with Gasteiger partial charge in [0.2, 0.25) is 11.7 Å². The molecule has 2 heterocycles. The number of aromatic nitrogens is 3. The van der Waals surface area contributed by atoms with E-state index in [1.807, 2.05) is 51.1 Å². The number of rotatable bonds is 2. The van der Waals surface area contributed by atoms with Gasteiger partial charge in [0.05, 0.1) is 6.04 Å². The normalized spacial score (nSPS) is 12.9. The molecular formula is C16H19ClN4O. The fourth-order valence-electron chi connectivity index (χ4n) is 2.13. The molecule has 22 heavy (non-hydrogen) atoms. The summed E-state index contributed by atoms with van der Waals surface area (Å²) < 4.78 is 5.33. The van der Waals surface area contributed by atoms with Gasteiger partial charge in [0.1, 0.15) is 5.69 Å². The van der Waals surface area contributed by atoms with Crippen LogP contribution >= 0.6 is 12.4 Å². The molecule has 3 rings (SSSR count). The molecule has 0 spiro atoms. The number of benzene rings is 1. The molecule has 2 N–H and O–H groups in total. The Morgan fingerprint density at radius 1 is 1.14 bits per heavy atom. The first kappa shape index (κ1) is 16.4. The largest absolute Gasteiger partial charge is 0.337 e. The van der Waals surface area contributed by atoms with E-state index in [4.69, 9.17) is 10.3 Å². The minimum Gasteiger partial charge on any atom is -0.337 e. The Kier molecular flexibility index (Phi) is 4.49. The van der Waals surface area contributed by atoms with Crippen molar-refractivity contribution in [2.24, 2.45) is 11.1 Å². The standard InChI is InChI=1S/C16H18N4O.ClH/c1-16(2,3)13(17)15-19-14(20-21-15)12-11-7-5-4-6-10(11)8-9-18-12;/h4-9,13H,17H2,1-3H3;1H/t13-;/m1./s1. The monoisotopic (exact) mass is 318 g/mol. The smallest absolute Gasteiger partial charge is 0.244 e. The second-order valence-corrected chi connectivity index (χ2v) is 6.18. The third kappa shape index (κ3) is 2.96. The lowest BCUT2D eigenvalue weighted by atomic mass is 9.87. The molecule has 5 nitrogen and oxygen atoms in total. The maximum absolute atomic E-state index is 6.16. The summed E-state index contributed by atoms with van der Waals surface area (Å²) in [6.45, 7) is 6.12. The number of nitrogens with zero attached hydrogens (tertiary/aromatic N) is 3. The highest BCUT2D eigenvalue weighted by atomic mass is 35.5. The van der Waals surface area contributed by atoms with Crippen LogP contribution in [0.4, 0.5) is 0 Å². The van der Waals surface area contributed by atoms with E-state index in [0.717, 1.165) is 10.8 Å². The highest BCUT2D eigenvalue weighted by Crippen LogP contribution is 2.31. The van der Waals surface area contributed by atoms with Gasteiger partial charge in [-0.3, -0.25) is 4.98 Å². The van der Waals surface area contributed by atoms with Gasteiger partial charge in [-0.25, -0.2) is 0 Å². The second-order valence-electron chi connectivity index (χ2n) is 6.18. The molecule has 0 radical (unpaired) electrons. The zero-order valence-corrected chi connectivity index (χ0v) is 13.6. The van der Waals surface area contributed by atoms with Gasteiger partial charge in [-0.2, -0.15) is 4.98 Å². The minimum atomic E-state index is -0.311. The number of nitrogens with two attached hydrogens (primary N) is 1. The molecule has 0 bridgehead atoms. The zero-order chi connectivity index (χ0) is 15.0. The molecule has 0 aliphatic rings. The van der Waals surface area contributed by atoms with Crippen molar-refractivity contribution in [2.75, 3.05) is 0 Å². The van der Waals surface area contributed by atoms with Crippen LogP contribution in [0.3, 0.4) is 0 Å². The van der Waals surface area contributed by atoms with Gasteiger partial charge >= 0.3 is 0 Å². The Morgan fingerprint density at radius 2 is 1.86 bits per heavy atom. The molecule has 6 heteroatoms. The molecule has 1 atom stereocenters. The lowest BCUT2D eigenvalue weighted by Gasteiger charge is -2.23. The summed E-state index contributed by atoms with van der Waals surface area (Å²) in [7, 11) is 0. The first-order valence-electron chi connectivity index (χ1n) is 6.90. The Morgan fingerprint density at radius 3 is 2.59 bits per heavy atom. The van der Waals surface area contributed by atoms with Crippen molar-refractivity contribution in [1.29, 1.82) is 0 Å². The van der Waals surface area contributed by atoms with Gasteiger partial charge in [0.25, 0.3) is 0 Å². The summed E-state index contributed by atoms with van der Waals surface area (Å²) in [6, 6.07) is 9.63. The van der Waals surface area contributed by atoms with E-state index < -0.39 is 0 Å². The van der Waals surface area contributed by atoms with Crippen LogP contribution in [0.15, 0.2) is 41.1 Å². The molecule has 0 saturated carbocycles. The predicted molar refractivity (Wildman–Crippen MR) is 88.7 cm³/mol. The fraction of sp³-hybridized carbons (Fsp3) is 0.312. The lowest BCUT2D eigenvalue weighted by Crippen LogP contribution is -2.26. The van der Waals surface area contributed by atoms with E-state index in [1.165, 1.54) is 0 Å². The summed E-state index contributed by atoms with van der Waals surface area (Å²) in [5.41, 5.74) is 6.73. The first-order chi connectivity index (χ1) is 9.97. The number of fused-ring (bicyclic) bond motifs is 1. The van der Waals surface area contributed by atoms with Crippen molar-refractivity contribution in [1.82, 2.24) is 15.1 Å². The molecule has 0 saturated heterocycles. The number of pyridine rings is 1. The van der Waals surface area contributed by atoms with Gasteiger partial charge in [-0.05, 0) is 16.9 Å². The maximum Gasteiger partial charge on any atom is 0.244 e. The molecule has 0 unspecified atom stereocenters. The lowest BCUT2D eigenvalue weighted by molar-refractivity contribution is 0.253. The van der Waals surface area contributed by atoms with Gasteiger partial charge in [0.15, 0.2) is 0 Å². The average Bonchev–Trinajstić information content (AvgIpc) is 2.94. The zero-order valence-electron chi connectivity index (χ0n) is 12.8. The van der Waals surface area contributed by atoms with Crippen LogP contribution in [0.5, 0.6) is 0 Å². The average molecular weight is 319 g/mol. The maximum atomic E-state index is 6.16. The molecule has 116 valence electrons. The molecule has 0 aliphatic heterocycles. The molecule has 3 aromatic rings. The quantitative estimate of drug-likeness (QED) is 0.778. The molecule has 0 amide bonds. The van der Waals surface area contributed by atoms with Gasteiger partial charge in [-0.1, -0.05) is 50.2 Å². The van der Waals surface area contributed by atoms with Crippen LogP contribution in [0, 0.1) is 5.41 Å². The van der Waals surface area contributed by atoms with Crippen molar-refractivity contribution in [2.45, 2.75) is 26.8 Å². The van der Waals surface area contributed by atoms with Crippen molar-refractivity contribution in [3.05, 3.63) is 42.4 Å². The third-order valence-corrected chi connectivity index (χ3v) is 3.53. The minimum absolute atomic E-state index is 0. The van der Waals surface area contributed by atoms with Gasteiger partial charge in [-0.15, -0.1) is 12.4 Å². The second kappa shape index (κ2) is 6.02. The van der Waals surface area contributed by atoms with Crippen molar-refractivity contribution in [3.63, 3.8) is 0 Å². The molecule has 0 aliphatic carbocycles. The van der Waals surface area contributed by atoms with Gasteiger partial charge < -0.3 is 10.3 Å². The van der Waals surface area contributed by atoms with E-state index >= 15 is 0 Å². The van der Waals surface area contributed by atoms with Crippen molar-refractivity contribution in [3.8, 4) is 11.5 Å². The summed E-state index contributed by atoms with van der Waals surface area (Å²) in [5, 5.41) is 6.13. The number of hydrogen-bond acceptors (Lipinski definition) is 5. The van der Waals surface area contributed by atoms with Crippen molar-refractivity contribution >= 4 is 23.2 Å². The van der Waals surface area contributed by atoms with Crippen LogP contribution in [0.1, 0.15) is 32.7 Å². The third-order valence-electron chi connectivity index (χ3n) is 3.53. The van der Waals surface area contributed by atoms with Crippen molar-refractivity contribution < 1.29 is 4.52 Å². The summed E-state index contributed by atoms with van der Waals surface area (Å²) in [6.07, 6.45) is 1.75. The molecule has 2 aromatic heterocycles. The summed E-state index contributed by atoms with van der Waals surface area (Å²) >= 11 is 0. The summed E-state index contributed by atoms with van der Waals surface area (Å²) in [5.74, 6) is 0.911. The Hall–Kier alpha value is -1.98. The van der Waals surface area contributed by atoms with E-state index in [2.05, 4.69) is 15.1 Å². The van der Waals surface area contributed by atoms with Crippen LogP contribution in [-0.2, 0) is 0 Å². The first-order valence-corrected chi connectivity index (χ1v) is 6.90. The molecule has 1 aromatic carbocycles. The Bertz CT molecular complexity index is 774. The summed E-state index contributed by atoms with van der Waals surface area (Å²) in [4.78, 5) is 8.82. The van der Waals surface area contributed by atoms with E-state index in [-0.39, 0.29) is 23.9 Å². The van der Waals surface area contributed by atoms with Crippen LogP contribution in [-0.4, -0.2) is 15.1 Å². The topological polar surface area (TPSA) is 77.8 Å². The SMILES string of the molecule is CC(C)(C)[C@H](N)c1nc(-c2nccc3ccccc23)no1.Cl. The molecule has 0 fully saturated rings. The molecular weight excluding hydrogens is 300 g/mol. The van der Waals surface area contributed by atoms with Crippen LogP contribution in [0.25, 0.3) is 22.3 Å². The Balaban J connectivity index is 0.00000176. The highest BCUT2D eigenvalue weighted by molar-refractivity contribution is 5.92. The van der Waals surface area contributed by atoms with E-state index in [9.17, 15) is 0 Å². The van der Waals surface area contributed by atoms with E-state index in [1.54, 1.807) is 6.20 Å². The van der Waals surface area contributed by atoms with Crippen LogP contribution in [0.2, 0.25) is 0 Å². The van der Waals surface area contributed by atoms with E-state index in [0.29, 0.717) is 17.4 Å². The number of hydrogen-bond donors (Lipinski definition) is 1.